The van der Waals surface area contributed by atoms with Crippen LogP contribution in [0.15, 0.2) is 0 Å². The van der Waals surface area contributed by atoms with Gasteiger partial charge in [-0.1, -0.05) is 0 Å². The standard InChI is InChI=1S/C9H13NO3/c11-6-13-8-3-4-10-7(5-8)1-2-9(10)12/h6-8H,1-5H2. The zero-order valence-electron chi connectivity index (χ0n) is 7.44. The Balaban J connectivity index is 1.95. The zero-order chi connectivity index (χ0) is 9.26. The van der Waals surface area contributed by atoms with E-state index in [1.54, 1.807) is 0 Å². The Labute approximate surface area is 76.8 Å². The predicted octanol–water partition coefficient (Wildman–Crippen LogP) is 0.313. The van der Waals surface area contributed by atoms with E-state index in [4.69, 9.17) is 4.74 Å². The van der Waals surface area contributed by atoms with Crippen molar-refractivity contribution in [3.05, 3.63) is 0 Å². The first-order valence-electron chi connectivity index (χ1n) is 4.70. The monoisotopic (exact) mass is 183 g/mol. The van der Waals surface area contributed by atoms with E-state index < -0.39 is 0 Å². The lowest BCUT2D eigenvalue weighted by Gasteiger charge is -2.33. The molecule has 1 amide bonds. The van der Waals surface area contributed by atoms with E-state index in [-0.39, 0.29) is 12.0 Å². The van der Waals surface area contributed by atoms with Crippen LogP contribution in [0.4, 0.5) is 0 Å². The molecule has 4 heteroatoms. The van der Waals surface area contributed by atoms with Crippen LogP contribution in [-0.2, 0) is 14.3 Å². The molecule has 0 aromatic heterocycles. The van der Waals surface area contributed by atoms with Gasteiger partial charge in [-0.3, -0.25) is 9.59 Å². The van der Waals surface area contributed by atoms with E-state index in [0.29, 0.717) is 18.9 Å². The summed E-state index contributed by atoms with van der Waals surface area (Å²) in [5.74, 6) is 0.259. The van der Waals surface area contributed by atoms with Gasteiger partial charge in [0.2, 0.25) is 5.91 Å². The van der Waals surface area contributed by atoms with Gasteiger partial charge in [-0.05, 0) is 6.42 Å². The number of fused-ring (bicyclic) bond motifs is 1. The molecular weight excluding hydrogens is 170 g/mol. The van der Waals surface area contributed by atoms with Crippen LogP contribution in [0.5, 0.6) is 0 Å². The molecule has 72 valence electrons. The maximum Gasteiger partial charge on any atom is 0.293 e. The van der Waals surface area contributed by atoms with Crippen LogP contribution in [0.1, 0.15) is 25.7 Å². The fourth-order valence-corrected chi connectivity index (χ4v) is 2.25. The average Bonchev–Trinajstić information content (AvgIpc) is 2.48. The molecule has 0 N–H and O–H groups in total. The van der Waals surface area contributed by atoms with Crippen molar-refractivity contribution in [3.63, 3.8) is 0 Å². The van der Waals surface area contributed by atoms with Gasteiger partial charge in [-0.2, -0.15) is 0 Å². The molecule has 2 unspecified atom stereocenters. The van der Waals surface area contributed by atoms with Crippen molar-refractivity contribution in [2.45, 2.75) is 37.8 Å². The minimum absolute atomic E-state index is 0.0321. The summed E-state index contributed by atoms with van der Waals surface area (Å²) in [6, 6.07) is 0.325. The summed E-state index contributed by atoms with van der Waals surface area (Å²) < 4.78 is 4.91. The van der Waals surface area contributed by atoms with Gasteiger partial charge in [0.1, 0.15) is 6.10 Å². The molecule has 13 heavy (non-hydrogen) atoms. The van der Waals surface area contributed by atoms with Crippen LogP contribution >= 0.6 is 0 Å². The fourth-order valence-electron chi connectivity index (χ4n) is 2.25. The van der Waals surface area contributed by atoms with Gasteiger partial charge in [-0.15, -0.1) is 0 Å². The van der Waals surface area contributed by atoms with E-state index >= 15 is 0 Å². The molecule has 2 aliphatic heterocycles. The molecule has 2 heterocycles. The Hall–Kier alpha value is -1.06. The molecule has 0 bridgehead atoms. The van der Waals surface area contributed by atoms with Crippen molar-refractivity contribution in [1.82, 2.24) is 4.90 Å². The van der Waals surface area contributed by atoms with Crippen molar-refractivity contribution in [3.8, 4) is 0 Å². The summed E-state index contributed by atoms with van der Waals surface area (Å²) in [6.45, 7) is 1.26. The molecule has 0 radical (unpaired) electrons. The third-order valence-corrected chi connectivity index (χ3v) is 2.93. The zero-order valence-corrected chi connectivity index (χ0v) is 7.44. The van der Waals surface area contributed by atoms with Crippen LogP contribution in [0.2, 0.25) is 0 Å². The molecule has 0 aromatic rings. The molecular formula is C9H13NO3. The number of ether oxygens (including phenoxy) is 1. The summed E-state index contributed by atoms with van der Waals surface area (Å²) >= 11 is 0. The lowest BCUT2D eigenvalue weighted by Crippen LogP contribution is -2.42. The number of piperidine rings is 1. The summed E-state index contributed by atoms with van der Waals surface area (Å²) in [7, 11) is 0. The van der Waals surface area contributed by atoms with Crippen LogP contribution < -0.4 is 0 Å². The van der Waals surface area contributed by atoms with Crippen LogP contribution in [0.3, 0.4) is 0 Å². The van der Waals surface area contributed by atoms with Crippen molar-refractivity contribution in [2.75, 3.05) is 6.54 Å². The lowest BCUT2D eigenvalue weighted by atomic mass is 10.00. The second-order valence-electron chi connectivity index (χ2n) is 3.66. The SMILES string of the molecule is O=COC1CCN2C(=O)CCC2C1. The van der Waals surface area contributed by atoms with E-state index in [2.05, 4.69) is 0 Å². The highest BCUT2D eigenvalue weighted by atomic mass is 16.5. The minimum atomic E-state index is 0.0321. The summed E-state index contributed by atoms with van der Waals surface area (Å²) in [4.78, 5) is 23.3. The molecule has 2 atom stereocenters. The molecule has 0 spiro atoms. The minimum Gasteiger partial charge on any atom is -0.464 e. The van der Waals surface area contributed by atoms with Crippen molar-refractivity contribution in [1.29, 1.82) is 0 Å². The predicted molar refractivity (Wildman–Crippen MR) is 44.9 cm³/mol. The van der Waals surface area contributed by atoms with Gasteiger partial charge in [0.25, 0.3) is 6.47 Å². The second kappa shape index (κ2) is 3.36. The van der Waals surface area contributed by atoms with Gasteiger partial charge in [-0.25, -0.2) is 0 Å². The van der Waals surface area contributed by atoms with E-state index in [1.807, 2.05) is 4.90 Å². The molecule has 2 aliphatic rings. The van der Waals surface area contributed by atoms with E-state index in [9.17, 15) is 9.59 Å². The first kappa shape index (κ1) is 8.53. The highest BCUT2D eigenvalue weighted by molar-refractivity contribution is 5.78. The van der Waals surface area contributed by atoms with Crippen molar-refractivity contribution >= 4 is 12.4 Å². The van der Waals surface area contributed by atoms with Crippen LogP contribution in [-0.4, -0.2) is 36.0 Å². The highest BCUT2D eigenvalue weighted by Crippen LogP contribution is 2.28. The molecule has 0 saturated carbocycles. The van der Waals surface area contributed by atoms with Gasteiger partial charge in [0, 0.05) is 31.8 Å². The highest BCUT2D eigenvalue weighted by Gasteiger charge is 2.36. The molecule has 0 aliphatic carbocycles. The van der Waals surface area contributed by atoms with Crippen molar-refractivity contribution < 1.29 is 14.3 Å². The summed E-state index contributed by atoms with van der Waals surface area (Å²) in [6.07, 6.45) is 3.24. The number of hydrogen-bond donors (Lipinski definition) is 0. The number of carbonyl (C=O) groups excluding carboxylic acids is 2. The number of rotatable bonds is 2. The van der Waals surface area contributed by atoms with Gasteiger partial charge in [0.05, 0.1) is 0 Å². The summed E-state index contributed by atoms with van der Waals surface area (Å²) in [5.41, 5.74) is 0. The topological polar surface area (TPSA) is 46.6 Å². The van der Waals surface area contributed by atoms with Crippen molar-refractivity contribution in [2.24, 2.45) is 0 Å². The Kier molecular flexibility index (Phi) is 2.20. The molecule has 2 saturated heterocycles. The molecule has 2 fully saturated rings. The Morgan fingerprint density at radius 2 is 2.31 bits per heavy atom. The Morgan fingerprint density at radius 1 is 1.46 bits per heavy atom. The maximum atomic E-state index is 11.3. The smallest absolute Gasteiger partial charge is 0.293 e. The third-order valence-electron chi connectivity index (χ3n) is 2.93. The van der Waals surface area contributed by atoms with E-state index in [1.165, 1.54) is 0 Å². The first-order chi connectivity index (χ1) is 6.31. The first-order valence-corrected chi connectivity index (χ1v) is 4.70. The number of amides is 1. The second-order valence-corrected chi connectivity index (χ2v) is 3.66. The molecule has 2 rings (SSSR count). The maximum absolute atomic E-state index is 11.3. The molecule has 4 nitrogen and oxygen atoms in total. The van der Waals surface area contributed by atoms with Gasteiger partial charge < -0.3 is 9.64 Å². The number of nitrogens with zero attached hydrogens (tertiary/aromatic N) is 1. The van der Waals surface area contributed by atoms with Gasteiger partial charge >= 0.3 is 0 Å². The fraction of sp³-hybridized carbons (Fsp3) is 0.778. The lowest BCUT2D eigenvalue weighted by molar-refractivity contribution is -0.138. The normalized spacial score (nSPS) is 32.9. The largest absolute Gasteiger partial charge is 0.464 e. The quantitative estimate of drug-likeness (QED) is 0.579. The summed E-state index contributed by atoms with van der Waals surface area (Å²) in [5, 5.41) is 0. The molecule has 0 aromatic carbocycles. The van der Waals surface area contributed by atoms with Crippen LogP contribution in [0, 0.1) is 0 Å². The number of carbonyl (C=O) groups is 2. The third kappa shape index (κ3) is 1.53. The number of hydrogen-bond acceptors (Lipinski definition) is 3. The Morgan fingerprint density at radius 3 is 3.08 bits per heavy atom. The average molecular weight is 183 g/mol. The van der Waals surface area contributed by atoms with E-state index in [0.717, 1.165) is 25.8 Å². The Bertz CT molecular complexity index is 229. The van der Waals surface area contributed by atoms with Gasteiger partial charge in [0.15, 0.2) is 0 Å². The van der Waals surface area contributed by atoms with Crippen LogP contribution in [0.25, 0.3) is 0 Å².